The van der Waals surface area contributed by atoms with Gasteiger partial charge in [-0.25, -0.2) is 4.98 Å². The van der Waals surface area contributed by atoms with E-state index in [1.165, 1.54) is 24.1 Å². The van der Waals surface area contributed by atoms with Crippen LogP contribution in [0.15, 0.2) is 42.6 Å². The molecule has 0 fully saturated rings. The number of aryl methyl sites for hydroxylation is 1. The second-order valence-electron chi connectivity index (χ2n) is 7.68. The van der Waals surface area contributed by atoms with Crippen molar-refractivity contribution in [2.75, 3.05) is 6.54 Å². The molecule has 0 spiro atoms. The lowest BCUT2D eigenvalue weighted by molar-refractivity contribution is 0.424. The van der Waals surface area contributed by atoms with E-state index in [-0.39, 0.29) is 12.0 Å². The third-order valence-electron chi connectivity index (χ3n) is 5.78. The molecule has 3 aromatic rings. The van der Waals surface area contributed by atoms with E-state index in [0.717, 1.165) is 42.7 Å². The van der Waals surface area contributed by atoms with Gasteiger partial charge in [-0.05, 0) is 62.4 Å². The van der Waals surface area contributed by atoms with Gasteiger partial charge in [0.15, 0.2) is 0 Å². The number of para-hydroxylation sites is 2. The van der Waals surface area contributed by atoms with E-state index < -0.39 is 0 Å². The minimum absolute atomic E-state index is 0.101. The standard InChI is InChI=1S/C22H29N5/c1-15(22-26-18-10-2-3-11-19(18)27-22)17(23)9-6-13-24-20-12-4-7-16-8-5-14-25-21(16)20/h2-3,5,8,10-11,14-15,17,20,24H,4,6-7,9,12-13,23H2,1H3,(H,26,27). The number of nitrogens with one attached hydrogen (secondary N) is 2. The highest BCUT2D eigenvalue weighted by Gasteiger charge is 2.21. The lowest BCUT2D eigenvalue weighted by Gasteiger charge is -2.25. The van der Waals surface area contributed by atoms with Crippen LogP contribution in [-0.2, 0) is 6.42 Å². The molecule has 3 atom stereocenters. The van der Waals surface area contributed by atoms with Crippen molar-refractivity contribution in [1.82, 2.24) is 20.3 Å². The molecule has 1 aromatic carbocycles. The van der Waals surface area contributed by atoms with E-state index in [1.54, 1.807) is 0 Å². The van der Waals surface area contributed by atoms with Gasteiger partial charge in [0.25, 0.3) is 0 Å². The van der Waals surface area contributed by atoms with Gasteiger partial charge in [-0.3, -0.25) is 4.98 Å². The molecular weight excluding hydrogens is 334 g/mol. The van der Waals surface area contributed by atoms with Gasteiger partial charge in [-0.15, -0.1) is 0 Å². The third-order valence-corrected chi connectivity index (χ3v) is 5.78. The molecule has 0 saturated carbocycles. The first-order valence-corrected chi connectivity index (χ1v) is 10.1. The van der Waals surface area contributed by atoms with Crippen molar-refractivity contribution >= 4 is 11.0 Å². The number of hydrogen-bond donors (Lipinski definition) is 3. The molecule has 5 heteroatoms. The molecule has 1 aliphatic rings. The number of fused-ring (bicyclic) bond motifs is 2. The second-order valence-corrected chi connectivity index (χ2v) is 7.68. The van der Waals surface area contributed by atoms with Gasteiger partial charge < -0.3 is 16.0 Å². The Morgan fingerprint density at radius 2 is 2.15 bits per heavy atom. The zero-order valence-electron chi connectivity index (χ0n) is 16.0. The monoisotopic (exact) mass is 363 g/mol. The summed E-state index contributed by atoms with van der Waals surface area (Å²) in [6.07, 6.45) is 7.51. The van der Waals surface area contributed by atoms with Crippen LogP contribution < -0.4 is 11.1 Å². The third kappa shape index (κ3) is 4.04. The van der Waals surface area contributed by atoms with Crippen molar-refractivity contribution in [2.24, 2.45) is 5.73 Å². The largest absolute Gasteiger partial charge is 0.342 e. The van der Waals surface area contributed by atoms with Crippen molar-refractivity contribution in [2.45, 2.75) is 57.0 Å². The van der Waals surface area contributed by atoms with Crippen LogP contribution in [0.2, 0.25) is 0 Å². The summed E-state index contributed by atoms with van der Waals surface area (Å²) in [5.74, 6) is 1.21. The molecule has 2 aromatic heterocycles. The van der Waals surface area contributed by atoms with Gasteiger partial charge in [0.2, 0.25) is 0 Å². The molecule has 4 N–H and O–H groups in total. The summed E-state index contributed by atoms with van der Waals surface area (Å²) in [4.78, 5) is 12.7. The van der Waals surface area contributed by atoms with E-state index in [9.17, 15) is 0 Å². The van der Waals surface area contributed by atoms with Crippen LogP contribution in [0.3, 0.4) is 0 Å². The topological polar surface area (TPSA) is 79.6 Å². The van der Waals surface area contributed by atoms with E-state index in [4.69, 9.17) is 10.7 Å². The summed E-state index contributed by atoms with van der Waals surface area (Å²) >= 11 is 0. The number of nitrogens with two attached hydrogens (primary N) is 1. The van der Waals surface area contributed by atoms with E-state index in [0.29, 0.717) is 6.04 Å². The van der Waals surface area contributed by atoms with Crippen molar-refractivity contribution in [3.8, 4) is 0 Å². The molecule has 1 aliphatic carbocycles. The minimum Gasteiger partial charge on any atom is -0.342 e. The first-order chi connectivity index (χ1) is 13.2. The molecule has 2 heterocycles. The number of aromatic amines is 1. The number of aromatic nitrogens is 3. The zero-order valence-corrected chi connectivity index (χ0v) is 16.0. The van der Waals surface area contributed by atoms with Crippen molar-refractivity contribution in [1.29, 1.82) is 0 Å². The lowest BCUT2D eigenvalue weighted by atomic mass is 9.91. The molecule has 4 rings (SSSR count). The number of benzene rings is 1. The van der Waals surface area contributed by atoms with E-state index in [2.05, 4.69) is 34.3 Å². The van der Waals surface area contributed by atoms with Crippen LogP contribution in [0.4, 0.5) is 0 Å². The number of imidazole rings is 1. The van der Waals surface area contributed by atoms with Crippen LogP contribution in [0, 0.1) is 0 Å². The maximum absolute atomic E-state index is 6.47. The molecule has 0 bridgehead atoms. The van der Waals surface area contributed by atoms with Gasteiger partial charge >= 0.3 is 0 Å². The summed E-state index contributed by atoms with van der Waals surface area (Å²) in [5, 5.41) is 3.69. The maximum atomic E-state index is 6.47. The van der Waals surface area contributed by atoms with Gasteiger partial charge in [0.05, 0.1) is 16.7 Å². The Hall–Kier alpha value is -2.24. The van der Waals surface area contributed by atoms with Crippen molar-refractivity contribution < 1.29 is 0 Å². The molecule has 5 nitrogen and oxygen atoms in total. The van der Waals surface area contributed by atoms with Crippen LogP contribution >= 0.6 is 0 Å². The summed E-state index contributed by atoms with van der Waals surface area (Å²) in [6, 6.07) is 12.9. The predicted molar refractivity (Wildman–Crippen MR) is 110 cm³/mol. The Kier molecular flexibility index (Phi) is 5.50. The average Bonchev–Trinajstić information content (AvgIpc) is 3.14. The first kappa shape index (κ1) is 18.1. The normalized spacial score (nSPS) is 19.0. The van der Waals surface area contributed by atoms with Crippen LogP contribution in [0.1, 0.15) is 61.6 Å². The van der Waals surface area contributed by atoms with Crippen LogP contribution in [0.5, 0.6) is 0 Å². The smallest absolute Gasteiger partial charge is 0.111 e. The fourth-order valence-corrected chi connectivity index (χ4v) is 4.06. The molecule has 0 radical (unpaired) electrons. The molecular formula is C22H29N5. The van der Waals surface area contributed by atoms with Gasteiger partial charge in [-0.2, -0.15) is 0 Å². The summed E-state index contributed by atoms with van der Waals surface area (Å²) < 4.78 is 0. The summed E-state index contributed by atoms with van der Waals surface area (Å²) in [5.41, 5.74) is 11.2. The molecule has 0 amide bonds. The number of rotatable bonds is 7. The number of hydrogen-bond acceptors (Lipinski definition) is 4. The maximum Gasteiger partial charge on any atom is 0.111 e. The van der Waals surface area contributed by atoms with Gasteiger partial charge in [0.1, 0.15) is 5.82 Å². The Bertz CT molecular complexity index is 854. The summed E-state index contributed by atoms with van der Waals surface area (Å²) in [7, 11) is 0. The highest BCUT2D eigenvalue weighted by molar-refractivity contribution is 5.74. The molecule has 27 heavy (non-hydrogen) atoms. The quantitative estimate of drug-likeness (QED) is 0.557. The zero-order chi connectivity index (χ0) is 18.6. The fraction of sp³-hybridized carbons (Fsp3) is 0.455. The highest BCUT2D eigenvalue weighted by Crippen LogP contribution is 2.27. The molecule has 3 unspecified atom stereocenters. The Balaban J connectivity index is 1.28. The van der Waals surface area contributed by atoms with Gasteiger partial charge in [0, 0.05) is 24.2 Å². The number of H-pyrrole nitrogens is 1. The molecule has 0 aliphatic heterocycles. The predicted octanol–water partition coefficient (Wildman–Crippen LogP) is 3.84. The van der Waals surface area contributed by atoms with Gasteiger partial charge in [-0.1, -0.05) is 25.1 Å². The van der Waals surface area contributed by atoms with E-state index in [1.807, 2.05) is 30.5 Å². The minimum atomic E-state index is 0.101. The Labute approximate surface area is 160 Å². The average molecular weight is 364 g/mol. The number of pyridine rings is 1. The van der Waals surface area contributed by atoms with Crippen molar-refractivity contribution in [3.05, 3.63) is 59.7 Å². The van der Waals surface area contributed by atoms with Crippen LogP contribution in [0.25, 0.3) is 11.0 Å². The fourth-order valence-electron chi connectivity index (χ4n) is 4.06. The van der Waals surface area contributed by atoms with Crippen LogP contribution in [-0.4, -0.2) is 27.5 Å². The molecule has 142 valence electrons. The molecule has 0 saturated heterocycles. The lowest BCUT2D eigenvalue weighted by Crippen LogP contribution is -2.30. The second kappa shape index (κ2) is 8.19. The highest BCUT2D eigenvalue weighted by atomic mass is 14.9. The SMILES string of the molecule is CC(c1nc2ccccc2[nH]1)C(N)CCCNC1CCCc2cccnc21. The Morgan fingerprint density at radius 1 is 1.26 bits per heavy atom. The Morgan fingerprint density at radius 3 is 3.04 bits per heavy atom. The first-order valence-electron chi connectivity index (χ1n) is 10.1. The van der Waals surface area contributed by atoms with E-state index >= 15 is 0 Å². The van der Waals surface area contributed by atoms with Crippen molar-refractivity contribution in [3.63, 3.8) is 0 Å². The number of nitrogens with zero attached hydrogens (tertiary/aromatic N) is 2. The summed E-state index contributed by atoms with van der Waals surface area (Å²) in [6.45, 7) is 3.14.